The highest BCUT2D eigenvalue weighted by atomic mass is 32.2. The lowest BCUT2D eigenvalue weighted by Gasteiger charge is -2.17. The van der Waals surface area contributed by atoms with Crippen LogP contribution in [0.25, 0.3) is 0 Å². The third-order valence-corrected chi connectivity index (χ3v) is 3.83. The van der Waals surface area contributed by atoms with Crippen LogP contribution in [0.4, 0.5) is 0 Å². The van der Waals surface area contributed by atoms with E-state index in [1.54, 1.807) is 7.05 Å². The molecule has 0 amide bonds. The van der Waals surface area contributed by atoms with Gasteiger partial charge in [-0.1, -0.05) is 26.2 Å². The highest BCUT2D eigenvalue weighted by Crippen LogP contribution is 1.98. The molecule has 0 aliphatic rings. The molecule has 0 fully saturated rings. The van der Waals surface area contributed by atoms with Crippen LogP contribution in [0.15, 0.2) is 4.99 Å². The molecule has 114 valence electrons. The van der Waals surface area contributed by atoms with Gasteiger partial charge in [0.2, 0.25) is 0 Å². The Morgan fingerprint density at radius 2 is 1.95 bits per heavy atom. The summed E-state index contributed by atoms with van der Waals surface area (Å²) in [6.07, 6.45) is 6.71. The molecule has 0 aliphatic heterocycles. The SMILES string of the molecule is CCCCCCNC(=NC)NC(C)CCS(C)(=O)=O. The van der Waals surface area contributed by atoms with Gasteiger partial charge in [0.15, 0.2) is 5.96 Å². The van der Waals surface area contributed by atoms with E-state index in [4.69, 9.17) is 0 Å². The van der Waals surface area contributed by atoms with Gasteiger partial charge in [-0.2, -0.15) is 0 Å². The summed E-state index contributed by atoms with van der Waals surface area (Å²) in [4.78, 5) is 4.14. The van der Waals surface area contributed by atoms with E-state index < -0.39 is 9.84 Å². The minimum Gasteiger partial charge on any atom is -0.356 e. The van der Waals surface area contributed by atoms with Crippen LogP contribution in [0.5, 0.6) is 0 Å². The molecule has 6 heteroatoms. The Morgan fingerprint density at radius 1 is 1.26 bits per heavy atom. The fourth-order valence-corrected chi connectivity index (χ4v) is 2.43. The number of hydrogen-bond donors (Lipinski definition) is 2. The van der Waals surface area contributed by atoms with E-state index in [1.165, 1.54) is 25.5 Å². The molecular formula is C13H29N3O2S. The number of aliphatic imine (C=N–C) groups is 1. The molecule has 0 spiro atoms. The van der Waals surface area contributed by atoms with Crippen LogP contribution < -0.4 is 10.6 Å². The summed E-state index contributed by atoms with van der Waals surface area (Å²) in [6.45, 7) is 5.06. The molecule has 1 atom stereocenters. The Hall–Kier alpha value is -0.780. The Morgan fingerprint density at radius 3 is 2.47 bits per heavy atom. The lowest BCUT2D eigenvalue weighted by molar-refractivity contribution is 0.579. The van der Waals surface area contributed by atoms with Gasteiger partial charge < -0.3 is 10.6 Å². The van der Waals surface area contributed by atoms with Crippen LogP contribution >= 0.6 is 0 Å². The average Bonchev–Trinajstić information content (AvgIpc) is 2.34. The maximum Gasteiger partial charge on any atom is 0.191 e. The van der Waals surface area contributed by atoms with Crippen molar-refractivity contribution in [1.29, 1.82) is 0 Å². The molecular weight excluding hydrogens is 262 g/mol. The maximum absolute atomic E-state index is 11.1. The lowest BCUT2D eigenvalue weighted by Crippen LogP contribution is -2.43. The van der Waals surface area contributed by atoms with Gasteiger partial charge in [0.1, 0.15) is 9.84 Å². The summed E-state index contributed by atoms with van der Waals surface area (Å²) >= 11 is 0. The Bertz CT molecular complexity index is 353. The summed E-state index contributed by atoms with van der Waals surface area (Å²) in [7, 11) is -1.16. The van der Waals surface area contributed by atoms with Crippen LogP contribution in [0.2, 0.25) is 0 Å². The number of hydrogen-bond acceptors (Lipinski definition) is 3. The van der Waals surface area contributed by atoms with E-state index >= 15 is 0 Å². The average molecular weight is 291 g/mol. The van der Waals surface area contributed by atoms with Gasteiger partial charge in [0.25, 0.3) is 0 Å². The fraction of sp³-hybridized carbons (Fsp3) is 0.923. The molecule has 0 rings (SSSR count). The largest absolute Gasteiger partial charge is 0.356 e. The van der Waals surface area contributed by atoms with Crippen molar-refractivity contribution in [2.75, 3.05) is 25.6 Å². The highest BCUT2D eigenvalue weighted by Gasteiger charge is 2.09. The van der Waals surface area contributed by atoms with Crippen molar-refractivity contribution in [1.82, 2.24) is 10.6 Å². The number of sulfone groups is 1. The molecule has 0 saturated heterocycles. The second-order valence-electron chi connectivity index (χ2n) is 5.02. The van der Waals surface area contributed by atoms with Gasteiger partial charge in [-0.3, -0.25) is 4.99 Å². The minimum atomic E-state index is -2.89. The molecule has 5 nitrogen and oxygen atoms in total. The minimum absolute atomic E-state index is 0.0940. The smallest absolute Gasteiger partial charge is 0.191 e. The molecule has 0 aliphatic carbocycles. The van der Waals surface area contributed by atoms with Gasteiger partial charge in [-0.15, -0.1) is 0 Å². The molecule has 0 saturated carbocycles. The van der Waals surface area contributed by atoms with Crippen molar-refractivity contribution in [3.8, 4) is 0 Å². The summed E-state index contributed by atoms with van der Waals surface area (Å²) in [5.41, 5.74) is 0. The van der Waals surface area contributed by atoms with E-state index in [2.05, 4.69) is 22.5 Å². The predicted molar refractivity (Wildman–Crippen MR) is 82.4 cm³/mol. The standard InChI is InChI=1S/C13H29N3O2S/c1-5-6-7-8-10-15-13(14-3)16-12(2)9-11-19(4,17)18/h12H,5-11H2,1-4H3,(H2,14,15,16). The monoisotopic (exact) mass is 291 g/mol. The third kappa shape index (κ3) is 12.0. The van der Waals surface area contributed by atoms with Gasteiger partial charge in [0, 0.05) is 25.9 Å². The van der Waals surface area contributed by atoms with Gasteiger partial charge in [0.05, 0.1) is 5.75 Å². The first-order valence-corrected chi connectivity index (χ1v) is 9.10. The molecule has 19 heavy (non-hydrogen) atoms. The van der Waals surface area contributed by atoms with Crippen molar-refractivity contribution in [2.45, 2.75) is 52.0 Å². The maximum atomic E-state index is 11.1. The fourth-order valence-electron chi connectivity index (χ4n) is 1.65. The van der Waals surface area contributed by atoms with E-state index in [0.717, 1.165) is 18.9 Å². The second-order valence-corrected chi connectivity index (χ2v) is 7.28. The number of rotatable bonds is 9. The van der Waals surface area contributed by atoms with Crippen LogP contribution in [-0.2, 0) is 9.84 Å². The first-order valence-electron chi connectivity index (χ1n) is 7.04. The topological polar surface area (TPSA) is 70.6 Å². The van der Waals surface area contributed by atoms with Crippen LogP contribution in [-0.4, -0.2) is 46.0 Å². The molecule has 0 radical (unpaired) electrons. The Labute approximate surface area is 118 Å². The third-order valence-electron chi connectivity index (χ3n) is 2.85. The predicted octanol–water partition coefficient (Wildman–Crippen LogP) is 1.55. The summed E-state index contributed by atoms with van der Waals surface area (Å²) in [6, 6.07) is 0.0940. The highest BCUT2D eigenvalue weighted by molar-refractivity contribution is 7.90. The van der Waals surface area contributed by atoms with Crippen molar-refractivity contribution >= 4 is 15.8 Å². The number of nitrogens with zero attached hydrogens (tertiary/aromatic N) is 1. The molecule has 2 N–H and O–H groups in total. The first-order chi connectivity index (χ1) is 8.89. The number of nitrogens with one attached hydrogen (secondary N) is 2. The van der Waals surface area contributed by atoms with Crippen LogP contribution in [0.1, 0.15) is 46.0 Å². The zero-order chi connectivity index (χ0) is 14.7. The lowest BCUT2D eigenvalue weighted by atomic mass is 10.2. The quantitative estimate of drug-likeness (QED) is 0.384. The van der Waals surface area contributed by atoms with Gasteiger partial charge >= 0.3 is 0 Å². The summed E-state index contributed by atoms with van der Waals surface area (Å²) in [5.74, 6) is 0.951. The number of guanidine groups is 1. The zero-order valence-corrected chi connectivity index (χ0v) is 13.5. The molecule has 0 bridgehead atoms. The van der Waals surface area contributed by atoms with E-state index in [0.29, 0.717) is 6.42 Å². The molecule has 0 heterocycles. The van der Waals surface area contributed by atoms with Crippen molar-refractivity contribution in [3.05, 3.63) is 0 Å². The van der Waals surface area contributed by atoms with Gasteiger partial charge in [-0.05, 0) is 19.8 Å². The number of unbranched alkanes of at least 4 members (excludes halogenated alkanes) is 3. The normalized spacial score (nSPS) is 14.2. The summed E-state index contributed by atoms with van der Waals surface area (Å²) in [5, 5.41) is 6.45. The Balaban J connectivity index is 3.86. The van der Waals surface area contributed by atoms with Crippen LogP contribution in [0, 0.1) is 0 Å². The molecule has 0 aromatic heterocycles. The van der Waals surface area contributed by atoms with Crippen molar-refractivity contribution < 1.29 is 8.42 Å². The van der Waals surface area contributed by atoms with Crippen molar-refractivity contribution in [2.24, 2.45) is 4.99 Å². The van der Waals surface area contributed by atoms with E-state index in [1.807, 2.05) is 6.92 Å². The van der Waals surface area contributed by atoms with E-state index in [-0.39, 0.29) is 11.8 Å². The second kappa shape index (κ2) is 10.1. The molecule has 0 aromatic rings. The van der Waals surface area contributed by atoms with Gasteiger partial charge in [-0.25, -0.2) is 8.42 Å². The van der Waals surface area contributed by atoms with Crippen molar-refractivity contribution in [3.63, 3.8) is 0 Å². The van der Waals surface area contributed by atoms with E-state index in [9.17, 15) is 8.42 Å². The van der Waals surface area contributed by atoms with Crippen LogP contribution in [0.3, 0.4) is 0 Å². The molecule has 1 unspecified atom stereocenters. The Kier molecular flexibility index (Phi) is 9.65. The zero-order valence-electron chi connectivity index (χ0n) is 12.7. The molecule has 0 aromatic carbocycles. The first kappa shape index (κ1) is 18.2. The summed E-state index contributed by atoms with van der Waals surface area (Å²) < 4.78 is 22.2.